The third-order valence-electron chi connectivity index (χ3n) is 4.14. The maximum Gasteiger partial charge on any atom is 0.124 e. The van der Waals surface area contributed by atoms with E-state index in [1.54, 1.807) is 7.11 Å². The molecular weight excluding hydrogens is 258 g/mol. The third kappa shape index (κ3) is 2.43. The fourth-order valence-electron chi connectivity index (χ4n) is 2.83. The molecule has 3 heteroatoms. The Morgan fingerprint density at radius 3 is 2.53 bits per heavy atom. The second-order valence-electron chi connectivity index (χ2n) is 5.12. The fraction of sp³-hybridized carbons (Fsp3) is 0.375. The lowest BCUT2D eigenvalue weighted by Gasteiger charge is -2.32. The molecule has 2 nitrogen and oxygen atoms in total. The molecule has 2 aromatic rings. The second kappa shape index (κ2) is 5.81. The van der Waals surface area contributed by atoms with Crippen LogP contribution in [0.4, 0.5) is 0 Å². The molecule has 19 heavy (non-hydrogen) atoms. The number of hydrogen-bond donors (Lipinski definition) is 1. The molecule has 0 spiro atoms. The van der Waals surface area contributed by atoms with Gasteiger partial charge in [-0.2, -0.15) is 0 Å². The van der Waals surface area contributed by atoms with Gasteiger partial charge in [-0.25, -0.2) is 0 Å². The van der Waals surface area contributed by atoms with E-state index in [2.05, 4.69) is 30.3 Å². The van der Waals surface area contributed by atoms with Crippen molar-refractivity contribution in [1.29, 1.82) is 0 Å². The van der Waals surface area contributed by atoms with Crippen molar-refractivity contribution in [2.24, 2.45) is 11.7 Å². The van der Waals surface area contributed by atoms with Gasteiger partial charge in [-0.05, 0) is 35.6 Å². The standard InChI is InChI=1S/C16H19NO.ClH/c1-18-14-10-9-11-5-2-3-8-13(11)15(14)16(17)12-6-4-7-12;/h2-3,5,8-10,12,16H,4,6-7,17H2,1H3;1H/t16-;/m0./s1. The average Bonchev–Trinajstić information content (AvgIpc) is 2.35. The average molecular weight is 278 g/mol. The van der Waals surface area contributed by atoms with Crippen molar-refractivity contribution in [3.05, 3.63) is 42.0 Å². The molecule has 0 saturated heterocycles. The first-order chi connectivity index (χ1) is 8.81. The predicted octanol–water partition coefficient (Wildman–Crippen LogP) is 4.07. The minimum absolute atomic E-state index is 0. The van der Waals surface area contributed by atoms with E-state index >= 15 is 0 Å². The summed E-state index contributed by atoms with van der Waals surface area (Å²) < 4.78 is 5.51. The number of hydrogen-bond acceptors (Lipinski definition) is 2. The molecular formula is C16H20ClNO. The lowest BCUT2D eigenvalue weighted by molar-refractivity contribution is 0.261. The summed E-state index contributed by atoms with van der Waals surface area (Å²) in [6.07, 6.45) is 3.80. The molecule has 2 aromatic carbocycles. The zero-order valence-electron chi connectivity index (χ0n) is 11.1. The SMILES string of the molecule is COc1ccc2ccccc2c1[C@@H](N)C1CCC1.Cl. The van der Waals surface area contributed by atoms with Crippen LogP contribution >= 0.6 is 12.4 Å². The zero-order valence-corrected chi connectivity index (χ0v) is 12.0. The Morgan fingerprint density at radius 2 is 1.89 bits per heavy atom. The van der Waals surface area contributed by atoms with Gasteiger partial charge in [0.1, 0.15) is 5.75 Å². The van der Waals surface area contributed by atoms with Gasteiger partial charge < -0.3 is 10.5 Å². The third-order valence-corrected chi connectivity index (χ3v) is 4.14. The summed E-state index contributed by atoms with van der Waals surface area (Å²) in [5.41, 5.74) is 7.64. The minimum atomic E-state index is 0. The summed E-state index contributed by atoms with van der Waals surface area (Å²) in [5, 5.41) is 2.47. The van der Waals surface area contributed by atoms with Gasteiger partial charge in [0.25, 0.3) is 0 Å². The second-order valence-corrected chi connectivity index (χ2v) is 5.12. The molecule has 1 fully saturated rings. The number of rotatable bonds is 3. The smallest absolute Gasteiger partial charge is 0.124 e. The molecule has 1 aliphatic carbocycles. The highest BCUT2D eigenvalue weighted by molar-refractivity contribution is 5.88. The molecule has 1 aliphatic rings. The minimum Gasteiger partial charge on any atom is -0.496 e. The van der Waals surface area contributed by atoms with Crippen LogP contribution in [0.1, 0.15) is 30.9 Å². The van der Waals surface area contributed by atoms with Crippen molar-refractivity contribution in [2.75, 3.05) is 7.11 Å². The Kier molecular flexibility index (Phi) is 4.33. The van der Waals surface area contributed by atoms with E-state index in [-0.39, 0.29) is 18.4 Å². The number of nitrogens with two attached hydrogens (primary N) is 1. The maximum absolute atomic E-state index is 6.46. The zero-order chi connectivity index (χ0) is 12.5. The number of benzene rings is 2. The monoisotopic (exact) mass is 277 g/mol. The molecule has 1 saturated carbocycles. The van der Waals surface area contributed by atoms with E-state index in [0.29, 0.717) is 5.92 Å². The molecule has 0 bridgehead atoms. The first-order valence-electron chi connectivity index (χ1n) is 6.62. The lowest BCUT2D eigenvalue weighted by atomic mass is 9.76. The van der Waals surface area contributed by atoms with Crippen LogP contribution in [-0.2, 0) is 0 Å². The molecule has 0 unspecified atom stereocenters. The van der Waals surface area contributed by atoms with E-state index in [1.807, 2.05) is 6.07 Å². The fourth-order valence-corrected chi connectivity index (χ4v) is 2.83. The van der Waals surface area contributed by atoms with Crippen LogP contribution in [0.5, 0.6) is 5.75 Å². The first-order valence-corrected chi connectivity index (χ1v) is 6.62. The summed E-state index contributed by atoms with van der Waals surface area (Å²) in [7, 11) is 1.72. The number of fused-ring (bicyclic) bond motifs is 1. The van der Waals surface area contributed by atoms with Gasteiger partial charge >= 0.3 is 0 Å². The lowest BCUT2D eigenvalue weighted by Crippen LogP contribution is -2.27. The maximum atomic E-state index is 6.46. The quantitative estimate of drug-likeness (QED) is 0.918. The van der Waals surface area contributed by atoms with Crippen molar-refractivity contribution in [1.82, 2.24) is 0 Å². The molecule has 0 aliphatic heterocycles. The summed E-state index contributed by atoms with van der Waals surface area (Å²) in [4.78, 5) is 0. The van der Waals surface area contributed by atoms with Crippen LogP contribution in [0.3, 0.4) is 0 Å². The highest BCUT2D eigenvalue weighted by Gasteiger charge is 2.28. The molecule has 0 radical (unpaired) electrons. The van der Waals surface area contributed by atoms with Gasteiger partial charge in [0, 0.05) is 11.6 Å². The van der Waals surface area contributed by atoms with E-state index < -0.39 is 0 Å². The number of ether oxygens (including phenoxy) is 1. The molecule has 0 heterocycles. The Morgan fingerprint density at radius 1 is 1.16 bits per heavy atom. The van der Waals surface area contributed by atoms with Gasteiger partial charge in [-0.15, -0.1) is 12.4 Å². The Balaban J connectivity index is 0.00000133. The summed E-state index contributed by atoms with van der Waals surface area (Å²) in [6.45, 7) is 0. The van der Waals surface area contributed by atoms with Crippen molar-refractivity contribution in [3.8, 4) is 5.75 Å². The van der Waals surface area contributed by atoms with E-state index in [1.165, 1.54) is 35.6 Å². The topological polar surface area (TPSA) is 35.2 Å². The van der Waals surface area contributed by atoms with Crippen molar-refractivity contribution in [2.45, 2.75) is 25.3 Å². The van der Waals surface area contributed by atoms with E-state index in [9.17, 15) is 0 Å². The molecule has 0 amide bonds. The number of methoxy groups -OCH3 is 1. The predicted molar refractivity (Wildman–Crippen MR) is 82.0 cm³/mol. The van der Waals surface area contributed by atoms with Crippen LogP contribution in [0.15, 0.2) is 36.4 Å². The van der Waals surface area contributed by atoms with Crippen LogP contribution in [0, 0.1) is 5.92 Å². The number of halogens is 1. The Labute approximate surface area is 120 Å². The molecule has 3 rings (SSSR count). The highest BCUT2D eigenvalue weighted by Crippen LogP contribution is 2.42. The molecule has 1 atom stereocenters. The van der Waals surface area contributed by atoms with Crippen molar-refractivity contribution < 1.29 is 4.74 Å². The molecule has 0 aromatic heterocycles. The van der Waals surface area contributed by atoms with Gasteiger partial charge in [0.2, 0.25) is 0 Å². The summed E-state index contributed by atoms with van der Waals surface area (Å²) in [6, 6.07) is 12.6. The Bertz CT molecular complexity index is 566. The van der Waals surface area contributed by atoms with Crippen molar-refractivity contribution in [3.63, 3.8) is 0 Å². The van der Waals surface area contributed by atoms with Gasteiger partial charge in [0.15, 0.2) is 0 Å². The van der Waals surface area contributed by atoms with Crippen LogP contribution in [0.2, 0.25) is 0 Å². The van der Waals surface area contributed by atoms with Crippen LogP contribution in [-0.4, -0.2) is 7.11 Å². The largest absolute Gasteiger partial charge is 0.496 e. The molecule has 102 valence electrons. The van der Waals surface area contributed by atoms with Crippen LogP contribution < -0.4 is 10.5 Å². The van der Waals surface area contributed by atoms with Crippen molar-refractivity contribution >= 4 is 23.2 Å². The first kappa shape index (κ1) is 14.2. The molecule has 2 N–H and O–H groups in total. The van der Waals surface area contributed by atoms with Gasteiger partial charge in [-0.1, -0.05) is 36.8 Å². The van der Waals surface area contributed by atoms with Gasteiger partial charge in [-0.3, -0.25) is 0 Å². The van der Waals surface area contributed by atoms with E-state index in [4.69, 9.17) is 10.5 Å². The summed E-state index contributed by atoms with van der Waals surface area (Å²) >= 11 is 0. The highest BCUT2D eigenvalue weighted by atomic mass is 35.5. The van der Waals surface area contributed by atoms with E-state index in [0.717, 1.165) is 5.75 Å². The normalized spacial score (nSPS) is 16.5. The van der Waals surface area contributed by atoms with Crippen LogP contribution in [0.25, 0.3) is 10.8 Å². The van der Waals surface area contributed by atoms with Gasteiger partial charge in [0.05, 0.1) is 7.11 Å². The summed E-state index contributed by atoms with van der Waals surface area (Å²) in [5.74, 6) is 1.54. The Hall–Kier alpha value is -1.25.